The Labute approximate surface area is 208 Å². The van der Waals surface area contributed by atoms with Crippen molar-refractivity contribution in [1.29, 1.82) is 0 Å². The highest BCUT2D eigenvalue weighted by atomic mass is 16.3. The van der Waals surface area contributed by atoms with E-state index in [1.807, 2.05) is 0 Å². The van der Waals surface area contributed by atoms with Crippen LogP contribution in [0.15, 0.2) is 0 Å². The molecule has 0 radical (unpaired) electrons. The van der Waals surface area contributed by atoms with Crippen molar-refractivity contribution in [1.82, 2.24) is 10.6 Å². The van der Waals surface area contributed by atoms with E-state index >= 15 is 0 Å². The summed E-state index contributed by atoms with van der Waals surface area (Å²) in [6, 6.07) is 0. The zero-order valence-corrected chi connectivity index (χ0v) is 21.3. The highest BCUT2D eigenvalue weighted by Gasteiger charge is 2.40. The van der Waals surface area contributed by atoms with Crippen molar-refractivity contribution < 1.29 is 10.2 Å². The zero-order valence-electron chi connectivity index (χ0n) is 21.3. The lowest BCUT2D eigenvalue weighted by Crippen LogP contribution is -2.56. The molecule has 4 fully saturated rings. The third-order valence-corrected chi connectivity index (χ3v) is 9.23. The van der Waals surface area contributed by atoms with Crippen LogP contribution < -0.4 is 10.6 Å². The number of nitrogens with one attached hydrogen (secondary N) is 2. The van der Waals surface area contributed by atoms with E-state index in [4.69, 9.17) is 0 Å². The lowest BCUT2D eigenvalue weighted by molar-refractivity contribution is 0.0522. The Kier molecular flexibility index (Phi) is 9.79. The Balaban J connectivity index is 1.45. The summed E-state index contributed by atoms with van der Waals surface area (Å²) in [5, 5.41) is 29.4. The van der Waals surface area contributed by atoms with Crippen LogP contribution in [0.2, 0.25) is 0 Å². The minimum absolute atomic E-state index is 0.433. The normalized spacial score (nSPS) is 35.6. The number of hydrogen-bond acceptors (Lipinski definition) is 4. The first kappa shape index (κ1) is 26.0. The molecule has 0 aromatic carbocycles. The van der Waals surface area contributed by atoms with Gasteiger partial charge in [0.2, 0.25) is 0 Å². The summed E-state index contributed by atoms with van der Waals surface area (Å²) in [7, 11) is 0. The SMILES string of the molecule is O[C@@H]1CCCC[C@@]1(C#CC#C[C@@]1(NCC2CCCCC2)CCCC[C@H]1O)NCC1CCCCC1. The molecule has 4 heteroatoms. The lowest BCUT2D eigenvalue weighted by atomic mass is 9.78. The first-order chi connectivity index (χ1) is 16.6. The van der Waals surface area contributed by atoms with Gasteiger partial charge in [0, 0.05) is 0 Å². The van der Waals surface area contributed by atoms with Crippen LogP contribution in [0.3, 0.4) is 0 Å². The molecular formula is C30H48N2O2. The molecule has 4 saturated carbocycles. The molecule has 4 rings (SSSR count). The van der Waals surface area contributed by atoms with E-state index in [9.17, 15) is 10.2 Å². The van der Waals surface area contributed by atoms with Gasteiger partial charge in [0.1, 0.15) is 11.1 Å². The van der Waals surface area contributed by atoms with E-state index < -0.39 is 23.3 Å². The summed E-state index contributed by atoms with van der Waals surface area (Å²) in [4.78, 5) is 0. The van der Waals surface area contributed by atoms with E-state index in [2.05, 4.69) is 34.3 Å². The van der Waals surface area contributed by atoms with E-state index in [1.54, 1.807) is 0 Å². The van der Waals surface area contributed by atoms with Gasteiger partial charge in [0.15, 0.2) is 0 Å². The van der Waals surface area contributed by atoms with E-state index in [0.29, 0.717) is 11.8 Å². The van der Waals surface area contributed by atoms with Gasteiger partial charge < -0.3 is 10.2 Å². The molecule has 0 aromatic rings. The highest BCUT2D eigenvalue weighted by molar-refractivity contribution is 5.37. The molecule has 190 valence electrons. The zero-order chi connectivity index (χ0) is 23.7. The maximum Gasteiger partial charge on any atom is 0.107 e. The maximum absolute atomic E-state index is 11.0. The van der Waals surface area contributed by atoms with E-state index in [1.165, 1.54) is 64.2 Å². The molecule has 0 spiro atoms. The van der Waals surface area contributed by atoms with Gasteiger partial charge in [-0.1, -0.05) is 76.0 Å². The maximum atomic E-state index is 11.0. The van der Waals surface area contributed by atoms with Gasteiger partial charge in [-0.05, 0) is 88.1 Å². The Morgan fingerprint density at radius 2 is 0.912 bits per heavy atom. The smallest absolute Gasteiger partial charge is 0.107 e. The molecule has 0 saturated heterocycles. The van der Waals surface area contributed by atoms with Gasteiger partial charge in [-0.2, -0.15) is 0 Å². The van der Waals surface area contributed by atoms with Crippen LogP contribution in [-0.4, -0.2) is 46.6 Å². The molecule has 4 aliphatic carbocycles. The lowest BCUT2D eigenvalue weighted by Gasteiger charge is -2.40. The molecule has 4 atom stereocenters. The topological polar surface area (TPSA) is 64.5 Å². The molecule has 4 N–H and O–H groups in total. The van der Waals surface area contributed by atoms with Crippen molar-refractivity contribution in [3.8, 4) is 23.7 Å². The van der Waals surface area contributed by atoms with Gasteiger partial charge in [-0.25, -0.2) is 0 Å². The largest absolute Gasteiger partial charge is 0.390 e. The fraction of sp³-hybridized carbons (Fsp3) is 0.867. The molecule has 34 heavy (non-hydrogen) atoms. The van der Waals surface area contributed by atoms with Gasteiger partial charge in [0.25, 0.3) is 0 Å². The van der Waals surface area contributed by atoms with E-state index in [0.717, 1.165) is 64.5 Å². The first-order valence-corrected chi connectivity index (χ1v) is 14.5. The van der Waals surface area contributed by atoms with Crippen molar-refractivity contribution in [3.05, 3.63) is 0 Å². The Bertz CT molecular complexity index is 685. The molecule has 0 unspecified atom stereocenters. The molecular weight excluding hydrogens is 420 g/mol. The summed E-state index contributed by atoms with van der Waals surface area (Å²) < 4.78 is 0. The van der Waals surface area contributed by atoms with Crippen LogP contribution in [0.25, 0.3) is 0 Å². The number of aliphatic hydroxyl groups is 2. The molecule has 0 aliphatic heterocycles. The second kappa shape index (κ2) is 12.8. The van der Waals surface area contributed by atoms with Crippen LogP contribution >= 0.6 is 0 Å². The van der Waals surface area contributed by atoms with Crippen LogP contribution in [0, 0.1) is 35.5 Å². The molecule has 4 nitrogen and oxygen atoms in total. The van der Waals surface area contributed by atoms with Crippen molar-refractivity contribution in [2.45, 2.75) is 139 Å². The molecule has 0 amide bonds. The third-order valence-electron chi connectivity index (χ3n) is 9.23. The summed E-state index contributed by atoms with van der Waals surface area (Å²) in [6.07, 6.45) is 20.1. The van der Waals surface area contributed by atoms with Gasteiger partial charge >= 0.3 is 0 Å². The van der Waals surface area contributed by atoms with Crippen LogP contribution in [0.1, 0.15) is 116 Å². The molecule has 0 bridgehead atoms. The predicted octanol–water partition coefficient (Wildman–Crippen LogP) is 4.68. The van der Waals surface area contributed by atoms with Crippen molar-refractivity contribution in [2.24, 2.45) is 11.8 Å². The second-order valence-electron chi connectivity index (χ2n) is 11.7. The Hall–Kier alpha value is -1.04. The van der Waals surface area contributed by atoms with Crippen LogP contribution in [-0.2, 0) is 0 Å². The number of aliphatic hydroxyl groups excluding tert-OH is 2. The highest BCUT2D eigenvalue weighted by Crippen LogP contribution is 2.31. The van der Waals surface area contributed by atoms with Crippen LogP contribution in [0.4, 0.5) is 0 Å². The minimum Gasteiger partial charge on any atom is -0.390 e. The van der Waals surface area contributed by atoms with Gasteiger partial charge in [-0.3, -0.25) is 10.6 Å². The van der Waals surface area contributed by atoms with Crippen molar-refractivity contribution in [2.75, 3.05) is 13.1 Å². The monoisotopic (exact) mass is 468 g/mol. The van der Waals surface area contributed by atoms with Gasteiger partial charge in [-0.15, -0.1) is 0 Å². The second-order valence-corrected chi connectivity index (χ2v) is 11.7. The number of hydrogen-bond donors (Lipinski definition) is 4. The van der Waals surface area contributed by atoms with Gasteiger partial charge in [0.05, 0.1) is 12.2 Å². The average Bonchev–Trinajstić information content (AvgIpc) is 2.88. The summed E-state index contributed by atoms with van der Waals surface area (Å²) in [5.74, 6) is 14.5. The van der Waals surface area contributed by atoms with Crippen molar-refractivity contribution >= 4 is 0 Å². The molecule has 0 heterocycles. The third kappa shape index (κ3) is 6.79. The average molecular weight is 469 g/mol. The van der Waals surface area contributed by atoms with E-state index in [-0.39, 0.29) is 0 Å². The predicted molar refractivity (Wildman–Crippen MR) is 139 cm³/mol. The minimum atomic E-state index is -0.530. The Morgan fingerprint density at radius 3 is 1.29 bits per heavy atom. The summed E-state index contributed by atoms with van der Waals surface area (Å²) >= 11 is 0. The Morgan fingerprint density at radius 1 is 0.529 bits per heavy atom. The first-order valence-electron chi connectivity index (χ1n) is 14.5. The fourth-order valence-corrected chi connectivity index (χ4v) is 6.82. The number of rotatable bonds is 6. The summed E-state index contributed by atoms with van der Waals surface area (Å²) in [6.45, 7) is 1.90. The molecule has 4 aliphatic rings. The quantitative estimate of drug-likeness (QED) is 0.428. The van der Waals surface area contributed by atoms with Crippen LogP contribution in [0.5, 0.6) is 0 Å². The standard InChI is InChI=1S/C30H48N2O2/c33-27-17-7-9-19-29(27,31-23-25-13-3-1-4-14-25)21-11-12-22-30(20-10-8-18-28(30)34)32-24-26-15-5-2-6-16-26/h25-28,31-34H,1-10,13-20,23-24H2/t27-,28-,29+,30+/m1/s1. The van der Waals surface area contributed by atoms with Crippen molar-refractivity contribution in [3.63, 3.8) is 0 Å². The fourth-order valence-electron chi connectivity index (χ4n) is 6.82. The molecule has 0 aromatic heterocycles. The summed E-state index contributed by atoms with van der Waals surface area (Å²) in [5.41, 5.74) is -1.06.